The van der Waals surface area contributed by atoms with Gasteiger partial charge in [0, 0.05) is 17.1 Å². The van der Waals surface area contributed by atoms with E-state index in [2.05, 4.69) is 10.5 Å². The highest BCUT2D eigenvalue weighted by Crippen LogP contribution is 2.19. The number of aliphatic hydroxyl groups excluding tert-OH is 2. The lowest BCUT2D eigenvalue weighted by Crippen LogP contribution is -2.50. The molecule has 0 atom stereocenters. The fourth-order valence-corrected chi connectivity index (χ4v) is 1.95. The number of aliphatic hydroxyl groups is 2. The molecule has 0 spiro atoms. The molecule has 0 aromatic heterocycles. The van der Waals surface area contributed by atoms with E-state index < -0.39 is 5.54 Å². The summed E-state index contributed by atoms with van der Waals surface area (Å²) in [5.41, 5.74) is 6.07. The molecule has 112 valence electrons. The minimum Gasteiger partial charge on any atom is -0.409 e. The summed E-state index contributed by atoms with van der Waals surface area (Å²) in [5.74, 6) is -0.0139. The van der Waals surface area contributed by atoms with Crippen molar-refractivity contribution in [3.8, 4) is 0 Å². The van der Waals surface area contributed by atoms with Crippen molar-refractivity contribution >= 4 is 17.4 Å². The Morgan fingerprint density at radius 2 is 2.05 bits per heavy atom. The molecule has 0 aliphatic heterocycles. The van der Waals surface area contributed by atoms with E-state index in [9.17, 15) is 10.2 Å². The van der Waals surface area contributed by atoms with Crippen LogP contribution in [0, 0.1) is 0 Å². The monoisotopic (exact) mass is 301 g/mol. The Morgan fingerprint density at radius 1 is 1.40 bits per heavy atom. The quantitative estimate of drug-likeness (QED) is 0.220. The fraction of sp³-hybridized carbons (Fsp3) is 0.462. The summed E-state index contributed by atoms with van der Waals surface area (Å²) >= 11 is 6.13. The van der Waals surface area contributed by atoms with Crippen LogP contribution < -0.4 is 11.1 Å². The minimum absolute atomic E-state index is 0.0139. The van der Waals surface area contributed by atoms with Crippen molar-refractivity contribution in [1.29, 1.82) is 0 Å². The van der Waals surface area contributed by atoms with Gasteiger partial charge in [0.05, 0.1) is 18.8 Å². The SMILES string of the molecule is CCC(CO)(CO)NCc1ccc(/C(N)=N/O)cc1Cl. The predicted octanol–water partition coefficient (Wildman–Crippen LogP) is 0.658. The number of nitrogens with one attached hydrogen (secondary N) is 1. The first-order chi connectivity index (χ1) is 9.51. The molecule has 0 bridgehead atoms. The summed E-state index contributed by atoms with van der Waals surface area (Å²) in [7, 11) is 0. The van der Waals surface area contributed by atoms with Crippen molar-refractivity contribution in [2.75, 3.05) is 13.2 Å². The molecule has 0 saturated carbocycles. The van der Waals surface area contributed by atoms with Crippen LogP contribution >= 0.6 is 11.6 Å². The minimum atomic E-state index is -0.729. The van der Waals surface area contributed by atoms with E-state index in [0.717, 1.165) is 5.56 Å². The summed E-state index contributed by atoms with van der Waals surface area (Å²) in [6, 6.07) is 5.03. The van der Waals surface area contributed by atoms with Crippen molar-refractivity contribution < 1.29 is 15.4 Å². The third-order valence-corrected chi connectivity index (χ3v) is 3.74. The summed E-state index contributed by atoms with van der Waals surface area (Å²) in [5, 5.41) is 33.8. The number of hydrogen-bond acceptors (Lipinski definition) is 5. The average molecular weight is 302 g/mol. The van der Waals surface area contributed by atoms with E-state index in [1.807, 2.05) is 6.92 Å². The van der Waals surface area contributed by atoms with Crippen LogP contribution in [-0.2, 0) is 6.54 Å². The van der Waals surface area contributed by atoms with Crippen LogP contribution in [-0.4, -0.2) is 40.0 Å². The predicted molar refractivity (Wildman–Crippen MR) is 78.0 cm³/mol. The molecule has 7 heteroatoms. The molecule has 0 fully saturated rings. The van der Waals surface area contributed by atoms with Crippen molar-refractivity contribution in [2.45, 2.75) is 25.4 Å². The van der Waals surface area contributed by atoms with Crippen LogP contribution in [0.4, 0.5) is 0 Å². The molecular weight excluding hydrogens is 282 g/mol. The van der Waals surface area contributed by atoms with Gasteiger partial charge in [0.25, 0.3) is 0 Å². The van der Waals surface area contributed by atoms with Gasteiger partial charge in [-0.2, -0.15) is 0 Å². The molecule has 6 N–H and O–H groups in total. The van der Waals surface area contributed by atoms with E-state index in [1.165, 1.54) is 0 Å². The van der Waals surface area contributed by atoms with E-state index >= 15 is 0 Å². The lowest BCUT2D eigenvalue weighted by Gasteiger charge is -2.30. The first-order valence-corrected chi connectivity index (χ1v) is 6.62. The molecule has 20 heavy (non-hydrogen) atoms. The van der Waals surface area contributed by atoms with Gasteiger partial charge >= 0.3 is 0 Å². The lowest BCUT2D eigenvalue weighted by atomic mass is 9.98. The summed E-state index contributed by atoms with van der Waals surface area (Å²) in [6.45, 7) is 1.94. The Morgan fingerprint density at radius 3 is 2.50 bits per heavy atom. The van der Waals surface area contributed by atoms with Gasteiger partial charge in [-0.05, 0) is 18.1 Å². The van der Waals surface area contributed by atoms with E-state index in [1.54, 1.807) is 18.2 Å². The van der Waals surface area contributed by atoms with Crippen molar-refractivity contribution in [1.82, 2.24) is 5.32 Å². The number of rotatable bonds is 7. The van der Waals surface area contributed by atoms with Crippen LogP contribution in [0.2, 0.25) is 5.02 Å². The van der Waals surface area contributed by atoms with Crippen molar-refractivity contribution in [3.63, 3.8) is 0 Å². The topological polar surface area (TPSA) is 111 Å². The number of hydrogen-bond donors (Lipinski definition) is 5. The Balaban J connectivity index is 2.84. The average Bonchev–Trinajstić information content (AvgIpc) is 2.49. The van der Waals surface area contributed by atoms with Crippen LogP contribution in [0.5, 0.6) is 0 Å². The van der Waals surface area contributed by atoms with Gasteiger partial charge in [-0.1, -0.05) is 35.8 Å². The Kier molecular flexibility index (Phi) is 6.22. The highest BCUT2D eigenvalue weighted by molar-refractivity contribution is 6.31. The molecule has 0 heterocycles. The number of nitrogens with zero attached hydrogens (tertiary/aromatic N) is 1. The maximum Gasteiger partial charge on any atom is 0.170 e. The van der Waals surface area contributed by atoms with Gasteiger partial charge in [0.2, 0.25) is 0 Å². The molecule has 6 nitrogen and oxygen atoms in total. The molecule has 0 aliphatic rings. The number of nitrogens with two attached hydrogens (primary N) is 1. The van der Waals surface area contributed by atoms with E-state index in [-0.39, 0.29) is 19.0 Å². The molecule has 1 rings (SSSR count). The standard InChI is InChI=1S/C13H20ClN3O3/c1-2-13(7-18,8-19)16-6-10-4-3-9(5-11(10)14)12(15)17-20/h3-5,16,18-20H,2,6-8H2,1H3,(H2,15,17). The normalized spacial score (nSPS) is 12.7. The second-order valence-electron chi connectivity index (χ2n) is 4.60. The maximum atomic E-state index is 9.36. The Bertz CT molecular complexity index is 468. The van der Waals surface area contributed by atoms with Crippen LogP contribution in [0.3, 0.4) is 0 Å². The van der Waals surface area contributed by atoms with Gasteiger partial charge in [0.1, 0.15) is 0 Å². The van der Waals surface area contributed by atoms with E-state index in [4.69, 9.17) is 22.5 Å². The highest BCUT2D eigenvalue weighted by Gasteiger charge is 2.25. The zero-order valence-electron chi connectivity index (χ0n) is 11.3. The van der Waals surface area contributed by atoms with Crippen LogP contribution in [0.25, 0.3) is 0 Å². The smallest absolute Gasteiger partial charge is 0.170 e. The molecule has 0 amide bonds. The number of amidine groups is 1. The molecule has 1 aromatic rings. The number of benzene rings is 1. The zero-order chi connectivity index (χ0) is 15.2. The molecule has 1 aromatic carbocycles. The number of oxime groups is 1. The maximum absolute atomic E-state index is 9.36. The summed E-state index contributed by atoms with van der Waals surface area (Å²) in [6.07, 6.45) is 0.583. The molecule has 0 saturated heterocycles. The zero-order valence-corrected chi connectivity index (χ0v) is 12.1. The van der Waals surface area contributed by atoms with Gasteiger partial charge in [0.15, 0.2) is 5.84 Å². The first-order valence-electron chi connectivity index (χ1n) is 6.25. The summed E-state index contributed by atoms with van der Waals surface area (Å²) < 4.78 is 0. The van der Waals surface area contributed by atoms with Gasteiger partial charge in [-0.25, -0.2) is 0 Å². The second-order valence-corrected chi connectivity index (χ2v) is 5.00. The van der Waals surface area contributed by atoms with Gasteiger partial charge < -0.3 is 26.5 Å². The van der Waals surface area contributed by atoms with Crippen LogP contribution in [0.1, 0.15) is 24.5 Å². The van der Waals surface area contributed by atoms with Crippen molar-refractivity contribution in [2.24, 2.45) is 10.9 Å². The third kappa shape index (κ3) is 3.83. The van der Waals surface area contributed by atoms with Gasteiger partial charge in [-0.3, -0.25) is 0 Å². The molecule has 0 radical (unpaired) electrons. The second kappa shape index (κ2) is 7.44. The Hall–Kier alpha value is -1.34. The molecule has 0 unspecified atom stereocenters. The lowest BCUT2D eigenvalue weighted by molar-refractivity contribution is 0.0864. The largest absolute Gasteiger partial charge is 0.409 e. The Labute approximate surface area is 122 Å². The third-order valence-electron chi connectivity index (χ3n) is 3.39. The van der Waals surface area contributed by atoms with E-state index in [0.29, 0.717) is 23.6 Å². The summed E-state index contributed by atoms with van der Waals surface area (Å²) in [4.78, 5) is 0. The van der Waals surface area contributed by atoms with Crippen LogP contribution in [0.15, 0.2) is 23.4 Å². The highest BCUT2D eigenvalue weighted by atomic mass is 35.5. The number of halogens is 1. The molecular formula is C13H20ClN3O3. The fourth-order valence-electron chi connectivity index (χ4n) is 1.70. The first kappa shape index (κ1) is 16.7. The van der Waals surface area contributed by atoms with Gasteiger partial charge in [-0.15, -0.1) is 0 Å². The van der Waals surface area contributed by atoms with Crippen molar-refractivity contribution in [3.05, 3.63) is 34.3 Å². The molecule has 0 aliphatic carbocycles.